The van der Waals surface area contributed by atoms with E-state index in [0.717, 1.165) is 22.9 Å². The first-order chi connectivity index (χ1) is 10.5. The van der Waals surface area contributed by atoms with Crippen molar-refractivity contribution in [3.63, 3.8) is 0 Å². The maximum Gasteiger partial charge on any atom is 0.320 e. The molecule has 0 spiro atoms. The van der Waals surface area contributed by atoms with Gasteiger partial charge >= 0.3 is 5.97 Å². The van der Waals surface area contributed by atoms with Gasteiger partial charge in [0.15, 0.2) is 11.5 Å². The van der Waals surface area contributed by atoms with Crippen molar-refractivity contribution in [1.29, 1.82) is 0 Å². The number of carboxylic acids is 1. The SMILES string of the molecule is CCCCC(NCc1cc(Br)c(OC)c(OCC)c1)C(=O)O. The molecule has 124 valence electrons. The Morgan fingerprint density at radius 1 is 1.41 bits per heavy atom. The van der Waals surface area contributed by atoms with Crippen molar-refractivity contribution in [2.45, 2.75) is 45.7 Å². The minimum absolute atomic E-state index is 0.462. The number of hydrogen-bond acceptors (Lipinski definition) is 4. The van der Waals surface area contributed by atoms with Gasteiger partial charge in [-0.2, -0.15) is 0 Å². The molecule has 1 atom stereocenters. The molecule has 0 amide bonds. The van der Waals surface area contributed by atoms with Crippen LogP contribution in [0.2, 0.25) is 0 Å². The Kier molecular flexibility index (Phi) is 8.27. The van der Waals surface area contributed by atoms with Crippen LogP contribution in [-0.2, 0) is 11.3 Å². The fourth-order valence-electron chi connectivity index (χ4n) is 2.15. The molecule has 0 saturated heterocycles. The van der Waals surface area contributed by atoms with Gasteiger partial charge in [-0.1, -0.05) is 19.8 Å². The fraction of sp³-hybridized carbons (Fsp3) is 0.562. The van der Waals surface area contributed by atoms with E-state index in [1.54, 1.807) is 7.11 Å². The summed E-state index contributed by atoms with van der Waals surface area (Å²) in [6.45, 7) is 4.95. The van der Waals surface area contributed by atoms with Crippen LogP contribution in [0.1, 0.15) is 38.7 Å². The van der Waals surface area contributed by atoms with Crippen LogP contribution >= 0.6 is 15.9 Å². The lowest BCUT2D eigenvalue weighted by molar-refractivity contribution is -0.139. The molecular weight excluding hydrogens is 350 g/mol. The first-order valence-electron chi connectivity index (χ1n) is 7.48. The van der Waals surface area contributed by atoms with Gasteiger partial charge in [-0.25, -0.2) is 0 Å². The Morgan fingerprint density at radius 3 is 2.68 bits per heavy atom. The Bertz CT molecular complexity index is 493. The highest BCUT2D eigenvalue weighted by Gasteiger charge is 2.17. The molecule has 0 fully saturated rings. The number of benzene rings is 1. The second-order valence-corrected chi connectivity index (χ2v) is 5.81. The first kappa shape index (κ1) is 18.8. The van der Waals surface area contributed by atoms with Gasteiger partial charge in [0.2, 0.25) is 0 Å². The number of nitrogens with one attached hydrogen (secondary N) is 1. The zero-order valence-electron chi connectivity index (χ0n) is 13.3. The third-order valence-corrected chi connectivity index (χ3v) is 3.86. The van der Waals surface area contributed by atoms with Crippen LogP contribution < -0.4 is 14.8 Å². The monoisotopic (exact) mass is 373 g/mol. The summed E-state index contributed by atoms with van der Waals surface area (Å²) < 4.78 is 11.7. The minimum Gasteiger partial charge on any atom is -0.492 e. The lowest BCUT2D eigenvalue weighted by Crippen LogP contribution is -2.36. The van der Waals surface area contributed by atoms with Crippen LogP contribution in [0, 0.1) is 0 Å². The average Bonchev–Trinajstić information content (AvgIpc) is 2.47. The van der Waals surface area contributed by atoms with Crippen molar-refractivity contribution in [3.8, 4) is 11.5 Å². The molecule has 0 aliphatic heterocycles. The van der Waals surface area contributed by atoms with Crippen LogP contribution in [0.4, 0.5) is 0 Å². The van der Waals surface area contributed by atoms with E-state index >= 15 is 0 Å². The van der Waals surface area contributed by atoms with Crippen LogP contribution in [0.3, 0.4) is 0 Å². The van der Waals surface area contributed by atoms with Gasteiger partial charge in [0.25, 0.3) is 0 Å². The third-order valence-electron chi connectivity index (χ3n) is 3.27. The summed E-state index contributed by atoms with van der Waals surface area (Å²) >= 11 is 3.46. The van der Waals surface area contributed by atoms with E-state index in [-0.39, 0.29) is 0 Å². The zero-order valence-corrected chi connectivity index (χ0v) is 14.9. The Morgan fingerprint density at radius 2 is 2.14 bits per heavy atom. The molecule has 6 heteroatoms. The van der Waals surface area contributed by atoms with E-state index in [9.17, 15) is 9.90 Å². The summed E-state index contributed by atoms with van der Waals surface area (Å²) in [7, 11) is 1.59. The number of hydrogen-bond donors (Lipinski definition) is 2. The fourth-order valence-corrected chi connectivity index (χ4v) is 2.80. The number of unbranched alkanes of at least 4 members (excludes halogenated alkanes) is 1. The molecule has 0 radical (unpaired) electrons. The van der Waals surface area contributed by atoms with Gasteiger partial charge < -0.3 is 19.9 Å². The van der Waals surface area contributed by atoms with Crippen molar-refractivity contribution < 1.29 is 19.4 Å². The molecule has 2 N–H and O–H groups in total. The molecule has 0 aliphatic rings. The second-order valence-electron chi connectivity index (χ2n) is 4.96. The number of rotatable bonds is 10. The Balaban J connectivity index is 2.81. The van der Waals surface area contributed by atoms with Crippen LogP contribution in [0.5, 0.6) is 11.5 Å². The molecule has 0 aromatic heterocycles. The number of ether oxygens (including phenoxy) is 2. The quantitative estimate of drug-likeness (QED) is 0.655. The van der Waals surface area contributed by atoms with Gasteiger partial charge in [0.1, 0.15) is 6.04 Å². The van der Waals surface area contributed by atoms with Crippen molar-refractivity contribution >= 4 is 21.9 Å². The number of aliphatic carboxylic acids is 1. The van der Waals surface area contributed by atoms with Crippen LogP contribution in [0.25, 0.3) is 0 Å². The van der Waals surface area contributed by atoms with Crippen molar-refractivity contribution in [2.75, 3.05) is 13.7 Å². The van der Waals surface area contributed by atoms with Gasteiger partial charge in [-0.15, -0.1) is 0 Å². The summed E-state index contributed by atoms with van der Waals surface area (Å²) in [5, 5.41) is 12.3. The van der Waals surface area contributed by atoms with Crippen LogP contribution in [0.15, 0.2) is 16.6 Å². The largest absolute Gasteiger partial charge is 0.492 e. The average molecular weight is 374 g/mol. The number of halogens is 1. The van der Waals surface area contributed by atoms with Crippen molar-refractivity contribution in [2.24, 2.45) is 0 Å². The van der Waals surface area contributed by atoms with E-state index in [1.165, 1.54) is 0 Å². The van der Waals surface area contributed by atoms with E-state index in [0.29, 0.717) is 31.1 Å². The highest BCUT2D eigenvalue weighted by atomic mass is 79.9. The van der Waals surface area contributed by atoms with E-state index < -0.39 is 12.0 Å². The van der Waals surface area contributed by atoms with Gasteiger partial charge in [-0.3, -0.25) is 4.79 Å². The number of carboxylic acid groups (broad SMARTS) is 1. The normalized spacial score (nSPS) is 12.0. The molecule has 5 nitrogen and oxygen atoms in total. The molecule has 1 unspecified atom stereocenters. The summed E-state index contributed by atoms with van der Waals surface area (Å²) in [6, 6.07) is 3.25. The summed E-state index contributed by atoms with van der Waals surface area (Å²) in [4.78, 5) is 11.2. The Labute approximate surface area is 140 Å². The van der Waals surface area contributed by atoms with E-state index in [2.05, 4.69) is 21.2 Å². The predicted molar refractivity (Wildman–Crippen MR) is 89.7 cm³/mol. The van der Waals surface area contributed by atoms with Crippen molar-refractivity contribution in [1.82, 2.24) is 5.32 Å². The third kappa shape index (κ3) is 5.50. The zero-order chi connectivity index (χ0) is 16.5. The molecule has 0 heterocycles. The second kappa shape index (κ2) is 9.69. The highest BCUT2D eigenvalue weighted by molar-refractivity contribution is 9.10. The predicted octanol–water partition coefficient (Wildman–Crippen LogP) is 3.59. The summed E-state index contributed by atoms with van der Waals surface area (Å²) in [6.07, 6.45) is 2.50. The Hall–Kier alpha value is -1.27. The van der Waals surface area contributed by atoms with E-state index in [1.807, 2.05) is 26.0 Å². The van der Waals surface area contributed by atoms with Gasteiger partial charge in [-0.05, 0) is 47.0 Å². The highest BCUT2D eigenvalue weighted by Crippen LogP contribution is 2.36. The van der Waals surface area contributed by atoms with Crippen LogP contribution in [-0.4, -0.2) is 30.8 Å². The molecule has 0 bridgehead atoms. The number of methoxy groups -OCH3 is 1. The standard InChI is InChI=1S/C16H24BrNO4/c1-4-6-7-13(16(19)20)18-10-11-8-12(17)15(21-3)14(9-11)22-5-2/h8-9,13,18H,4-7,10H2,1-3H3,(H,19,20). The smallest absolute Gasteiger partial charge is 0.320 e. The maximum atomic E-state index is 11.2. The molecule has 1 aromatic carbocycles. The first-order valence-corrected chi connectivity index (χ1v) is 8.28. The molecule has 0 aliphatic carbocycles. The molecule has 1 aromatic rings. The van der Waals surface area contributed by atoms with E-state index in [4.69, 9.17) is 9.47 Å². The minimum atomic E-state index is -0.814. The molecule has 22 heavy (non-hydrogen) atoms. The molecular formula is C16H24BrNO4. The molecule has 1 rings (SSSR count). The summed E-state index contributed by atoms with van der Waals surface area (Å²) in [5.74, 6) is 0.481. The number of carbonyl (C=O) groups is 1. The van der Waals surface area contributed by atoms with Gasteiger partial charge in [0.05, 0.1) is 18.2 Å². The van der Waals surface area contributed by atoms with Crippen molar-refractivity contribution in [3.05, 3.63) is 22.2 Å². The lowest BCUT2D eigenvalue weighted by Gasteiger charge is -2.16. The van der Waals surface area contributed by atoms with Gasteiger partial charge in [0, 0.05) is 6.54 Å². The topological polar surface area (TPSA) is 67.8 Å². The summed E-state index contributed by atoms with van der Waals surface area (Å²) in [5.41, 5.74) is 0.943. The maximum absolute atomic E-state index is 11.2. The lowest BCUT2D eigenvalue weighted by atomic mass is 10.1. The molecule has 0 saturated carbocycles.